The van der Waals surface area contributed by atoms with Crippen LogP contribution >= 0.6 is 0 Å². The zero-order chi connectivity index (χ0) is 14.7. The fourth-order valence-electron chi connectivity index (χ4n) is 1.85. The number of rotatable bonds is 3. The molecule has 0 aromatic heterocycles. The number of aryl methyl sites for hydroxylation is 1. The lowest BCUT2D eigenvalue weighted by Gasteiger charge is -2.14. The molecular formula is C16H19N3O. The third-order valence-electron chi connectivity index (χ3n) is 3.16. The summed E-state index contributed by atoms with van der Waals surface area (Å²) in [4.78, 5) is 14.2. The van der Waals surface area contributed by atoms with E-state index in [4.69, 9.17) is 5.73 Å². The van der Waals surface area contributed by atoms with Crippen LogP contribution in [0.4, 0.5) is 17.1 Å². The lowest BCUT2D eigenvalue weighted by atomic mass is 10.1. The van der Waals surface area contributed by atoms with Gasteiger partial charge in [-0.05, 0) is 42.8 Å². The van der Waals surface area contributed by atoms with E-state index < -0.39 is 0 Å². The van der Waals surface area contributed by atoms with E-state index in [1.54, 1.807) is 12.1 Å². The highest BCUT2D eigenvalue weighted by Crippen LogP contribution is 2.19. The van der Waals surface area contributed by atoms with E-state index in [0.717, 1.165) is 16.9 Å². The van der Waals surface area contributed by atoms with Crippen molar-refractivity contribution in [1.29, 1.82) is 0 Å². The van der Waals surface area contributed by atoms with E-state index in [2.05, 4.69) is 5.32 Å². The molecular weight excluding hydrogens is 250 g/mol. The lowest BCUT2D eigenvalue weighted by molar-refractivity contribution is 0.102. The number of anilines is 3. The monoisotopic (exact) mass is 269 g/mol. The van der Waals surface area contributed by atoms with E-state index in [-0.39, 0.29) is 5.91 Å². The van der Waals surface area contributed by atoms with E-state index >= 15 is 0 Å². The first-order chi connectivity index (χ1) is 9.47. The molecule has 3 N–H and O–H groups in total. The van der Waals surface area contributed by atoms with Crippen molar-refractivity contribution >= 4 is 23.0 Å². The average Bonchev–Trinajstić information content (AvgIpc) is 2.42. The van der Waals surface area contributed by atoms with Gasteiger partial charge < -0.3 is 16.0 Å². The number of nitrogens with two attached hydrogens (primary N) is 1. The Morgan fingerprint density at radius 2 is 1.90 bits per heavy atom. The van der Waals surface area contributed by atoms with Crippen LogP contribution in [-0.2, 0) is 0 Å². The number of nitrogens with one attached hydrogen (secondary N) is 1. The second kappa shape index (κ2) is 5.65. The summed E-state index contributed by atoms with van der Waals surface area (Å²) in [5, 5.41) is 2.88. The normalized spacial score (nSPS) is 10.2. The Kier molecular flexibility index (Phi) is 3.94. The zero-order valence-corrected chi connectivity index (χ0v) is 12.0. The number of carbonyl (C=O) groups excluding carboxylic acids is 1. The van der Waals surface area contributed by atoms with Crippen LogP contribution in [0, 0.1) is 6.92 Å². The predicted molar refractivity (Wildman–Crippen MR) is 84.3 cm³/mol. The molecule has 0 spiro atoms. The van der Waals surface area contributed by atoms with Crippen LogP contribution in [-0.4, -0.2) is 20.0 Å². The fraction of sp³-hybridized carbons (Fsp3) is 0.188. The number of amides is 1. The number of nitrogen functional groups attached to an aromatic ring is 1. The Bertz CT molecular complexity index is 635. The van der Waals surface area contributed by atoms with Gasteiger partial charge in [-0.2, -0.15) is 0 Å². The quantitative estimate of drug-likeness (QED) is 0.842. The largest absolute Gasteiger partial charge is 0.398 e. The van der Waals surface area contributed by atoms with Gasteiger partial charge in [0.25, 0.3) is 5.91 Å². The number of hydrogen-bond acceptors (Lipinski definition) is 3. The molecule has 2 aromatic carbocycles. The second-order valence-electron chi connectivity index (χ2n) is 4.97. The minimum Gasteiger partial charge on any atom is -0.398 e. The molecule has 0 aliphatic carbocycles. The molecule has 0 fully saturated rings. The van der Waals surface area contributed by atoms with Gasteiger partial charge in [-0.1, -0.05) is 12.1 Å². The van der Waals surface area contributed by atoms with Crippen molar-refractivity contribution in [3.05, 3.63) is 53.6 Å². The van der Waals surface area contributed by atoms with Gasteiger partial charge in [0.2, 0.25) is 0 Å². The highest BCUT2D eigenvalue weighted by atomic mass is 16.1. The number of nitrogens with zero attached hydrogens (tertiary/aromatic N) is 1. The summed E-state index contributed by atoms with van der Waals surface area (Å²) in [6.07, 6.45) is 0. The molecule has 4 nitrogen and oxygen atoms in total. The molecule has 0 saturated carbocycles. The highest BCUT2D eigenvalue weighted by Gasteiger charge is 2.08. The molecule has 0 aliphatic heterocycles. The molecule has 0 heterocycles. The third-order valence-corrected chi connectivity index (χ3v) is 3.16. The fourth-order valence-corrected chi connectivity index (χ4v) is 1.85. The first kappa shape index (κ1) is 13.9. The van der Waals surface area contributed by atoms with Gasteiger partial charge in [0.1, 0.15) is 0 Å². The Morgan fingerprint density at radius 1 is 1.15 bits per heavy atom. The minimum atomic E-state index is -0.160. The van der Waals surface area contributed by atoms with Crippen molar-refractivity contribution in [2.24, 2.45) is 0 Å². The molecule has 0 aliphatic rings. The van der Waals surface area contributed by atoms with Crippen molar-refractivity contribution in [2.45, 2.75) is 6.92 Å². The van der Waals surface area contributed by atoms with E-state index in [1.807, 2.05) is 56.3 Å². The SMILES string of the molecule is Cc1ccc(C(=O)Nc2cccc(N(C)C)c2)cc1N. The molecule has 2 rings (SSSR count). The van der Waals surface area contributed by atoms with Crippen molar-refractivity contribution in [2.75, 3.05) is 30.0 Å². The van der Waals surface area contributed by atoms with Crippen LogP contribution in [0.3, 0.4) is 0 Å². The number of benzene rings is 2. The Labute approximate surface area is 119 Å². The predicted octanol–water partition coefficient (Wildman–Crippen LogP) is 2.90. The highest BCUT2D eigenvalue weighted by molar-refractivity contribution is 6.05. The molecule has 2 aromatic rings. The van der Waals surface area contributed by atoms with Gasteiger partial charge in [-0.15, -0.1) is 0 Å². The van der Waals surface area contributed by atoms with Gasteiger partial charge in [0, 0.05) is 36.7 Å². The maximum atomic E-state index is 12.2. The van der Waals surface area contributed by atoms with Gasteiger partial charge >= 0.3 is 0 Å². The molecule has 0 radical (unpaired) electrons. The van der Waals surface area contributed by atoms with Gasteiger partial charge in [-0.3, -0.25) is 4.79 Å². The van der Waals surface area contributed by atoms with Crippen LogP contribution in [0.15, 0.2) is 42.5 Å². The van der Waals surface area contributed by atoms with E-state index in [1.165, 1.54) is 0 Å². The molecule has 1 amide bonds. The Morgan fingerprint density at radius 3 is 2.55 bits per heavy atom. The van der Waals surface area contributed by atoms with Crippen molar-refractivity contribution in [3.8, 4) is 0 Å². The van der Waals surface area contributed by atoms with Gasteiger partial charge in [-0.25, -0.2) is 0 Å². The summed E-state index contributed by atoms with van der Waals surface area (Å²) >= 11 is 0. The lowest BCUT2D eigenvalue weighted by Crippen LogP contribution is -2.13. The summed E-state index contributed by atoms with van der Waals surface area (Å²) in [6, 6.07) is 13.0. The van der Waals surface area contributed by atoms with Gasteiger partial charge in [0.15, 0.2) is 0 Å². The number of hydrogen-bond donors (Lipinski definition) is 2. The second-order valence-corrected chi connectivity index (χ2v) is 4.97. The van der Waals surface area contributed by atoms with Crippen LogP contribution in [0.25, 0.3) is 0 Å². The molecule has 0 saturated heterocycles. The first-order valence-electron chi connectivity index (χ1n) is 6.42. The molecule has 0 bridgehead atoms. The Balaban J connectivity index is 2.19. The summed E-state index contributed by atoms with van der Waals surface area (Å²) in [7, 11) is 3.92. The summed E-state index contributed by atoms with van der Waals surface area (Å²) < 4.78 is 0. The first-order valence-corrected chi connectivity index (χ1v) is 6.42. The van der Waals surface area contributed by atoms with Gasteiger partial charge in [0.05, 0.1) is 0 Å². The molecule has 20 heavy (non-hydrogen) atoms. The topological polar surface area (TPSA) is 58.4 Å². The standard InChI is InChI=1S/C16H19N3O/c1-11-7-8-12(9-15(11)17)16(20)18-13-5-4-6-14(10-13)19(2)3/h4-10H,17H2,1-3H3,(H,18,20). The molecule has 0 unspecified atom stereocenters. The van der Waals surface area contributed by atoms with Crippen LogP contribution in [0.2, 0.25) is 0 Å². The van der Waals surface area contributed by atoms with Crippen molar-refractivity contribution < 1.29 is 4.79 Å². The zero-order valence-electron chi connectivity index (χ0n) is 12.0. The van der Waals surface area contributed by atoms with Crippen molar-refractivity contribution in [3.63, 3.8) is 0 Å². The van der Waals surface area contributed by atoms with Crippen LogP contribution < -0.4 is 16.0 Å². The maximum Gasteiger partial charge on any atom is 0.255 e. The van der Waals surface area contributed by atoms with Crippen LogP contribution in [0.1, 0.15) is 15.9 Å². The summed E-state index contributed by atoms with van der Waals surface area (Å²) in [5.74, 6) is -0.160. The molecule has 104 valence electrons. The van der Waals surface area contributed by atoms with E-state index in [0.29, 0.717) is 11.3 Å². The summed E-state index contributed by atoms with van der Waals surface area (Å²) in [6.45, 7) is 1.91. The Hall–Kier alpha value is -2.49. The molecule has 0 atom stereocenters. The maximum absolute atomic E-state index is 12.2. The van der Waals surface area contributed by atoms with Crippen LogP contribution in [0.5, 0.6) is 0 Å². The van der Waals surface area contributed by atoms with E-state index in [9.17, 15) is 4.79 Å². The smallest absolute Gasteiger partial charge is 0.255 e. The molecule has 4 heteroatoms. The number of carbonyl (C=O) groups is 1. The third kappa shape index (κ3) is 3.09. The van der Waals surface area contributed by atoms with Crippen molar-refractivity contribution in [1.82, 2.24) is 0 Å². The average molecular weight is 269 g/mol. The minimum absolute atomic E-state index is 0.160. The summed E-state index contributed by atoms with van der Waals surface area (Å²) in [5.41, 5.74) is 9.78.